The van der Waals surface area contributed by atoms with Crippen LogP contribution in [0.4, 0.5) is 4.79 Å². The summed E-state index contributed by atoms with van der Waals surface area (Å²) in [5.74, 6) is 0. The summed E-state index contributed by atoms with van der Waals surface area (Å²) in [5.41, 5.74) is 0.115. The van der Waals surface area contributed by atoms with E-state index in [1.807, 2.05) is 18.7 Å². The Labute approximate surface area is 104 Å². The number of carbonyl (C=O) groups excluding carboxylic acids is 1. The average Bonchev–Trinajstić information content (AvgIpc) is 2.17. The number of hydrogen-bond acceptors (Lipinski definition) is 3. The lowest BCUT2D eigenvalue weighted by Crippen LogP contribution is -2.55. The Bertz CT molecular complexity index is 237. The number of nitrogens with one attached hydrogen (secondary N) is 2. The van der Waals surface area contributed by atoms with Crippen LogP contribution in [-0.4, -0.2) is 41.5 Å². The highest BCUT2D eigenvalue weighted by atomic mass is 32.1. The Kier molecular flexibility index (Phi) is 4.92. The first-order valence-corrected chi connectivity index (χ1v) is 6.47. The Morgan fingerprint density at radius 2 is 2.06 bits per heavy atom. The van der Waals surface area contributed by atoms with Crippen molar-refractivity contribution in [3.05, 3.63) is 0 Å². The number of amides is 2. The molecular formula is C11H23N3OS. The smallest absolute Gasteiger partial charge is 0.317 e. The van der Waals surface area contributed by atoms with Crippen LogP contribution < -0.4 is 10.6 Å². The second kappa shape index (κ2) is 5.77. The molecule has 2 amide bonds. The highest BCUT2D eigenvalue weighted by molar-refractivity contribution is 7.80. The monoisotopic (exact) mass is 245 g/mol. The summed E-state index contributed by atoms with van der Waals surface area (Å²) in [7, 11) is 0. The van der Waals surface area contributed by atoms with Crippen molar-refractivity contribution in [1.29, 1.82) is 0 Å². The molecule has 94 valence electrons. The van der Waals surface area contributed by atoms with Crippen molar-refractivity contribution in [3.63, 3.8) is 0 Å². The molecular weight excluding hydrogens is 222 g/mol. The van der Waals surface area contributed by atoms with Gasteiger partial charge in [-0.2, -0.15) is 12.6 Å². The van der Waals surface area contributed by atoms with E-state index in [0.717, 1.165) is 25.9 Å². The van der Waals surface area contributed by atoms with Gasteiger partial charge in [-0.15, -0.1) is 0 Å². The Morgan fingerprint density at radius 3 is 2.50 bits per heavy atom. The molecule has 1 saturated heterocycles. The first kappa shape index (κ1) is 13.6. The maximum atomic E-state index is 11.6. The van der Waals surface area contributed by atoms with Crippen LogP contribution in [0.1, 0.15) is 33.6 Å². The zero-order valence-electron chi connectivity index (χ0n) is 10.4. The molecule has 4 nitrogen and oxygen atoms in total. The molecule has 1 unspecified atom stereocenters. The van der Waals surface area contributed by atoms with E-state index in [9.17, 15) is 4.79 Å². The molecule has 1 atom stereocenters. The molecule has 0 bridgehead atoms. The molecule has 0 aliphatic carbocycles. The van der Waals surface area contributed by atoms with Gasteiger partial charge in [0.25, 0.3) is 0 Å². The number of hydrogen-bond donors (Lipinski definition) is 3. The van der Waals surface area contributed by atoms with Crippen LogP contribution in [0.3, 0.4) is 0 Å². The molecule has 1 fully saturated rings. The molecule has 0 saturated carbocycles. The van der Waals surface area contributed by atoms with E-state index in [1.165, 1.54) is 0 Å². The van der Waals surface area contributed by atoms with Crippen LogP contribution >= 0.6 is 12.6 Å². The highest BCUT2D eigenvalue weighted by Gasteiger charge is 2.31. The summed E-state index contributed by atoms with van der Waals surface area (Å²) in [6.07, 6.45) is 1.96. The van der Waals surface area contributed by atoms with Crippen molar-refractivity contribution < 1.29 is 4.79 Å². The van der Waals surface area contributed by atoms with Gasteiger partial charge in [0, 0.05) is 30.5 Å². The summed E-state index contributed by atoms with van der Waals surface area (Å²) in [6.45, 7) is 8.50. The molecule has 1 aliphatic heterocycles. The number of piperidine rings is 1. The van der Waals surface area contributed by atoms with Crippen molar-refractivity contribution >= 4 is 18.7 Å². The van der Waals surface area contributed by atoms with Crippen LogP contribution in [0.15, 0.2) is 0 Å². The topological polar surface area (TPSA) is 44.4 Å². The minimum atomic E-state index is 0.0588. The lowest BCUT2D eigenvalue weighted by atomic mass is 9.90. The maximum Gasteiger partial charge on any atom is 0.317 e. The van der Waals surface area contributed by atoms with Crippen molar-refractivity contribution in [1.82, 2.24) is 15.5 Å². The number of rotatable bonds is 3. The van der Waals surface area contributed by atoms with E-state index in [2.05, 4.69) is 30.2 Å². The van der Waals surface area contributed by atoms with Gasteiger partial charge in [0.2, 0.25) is 0 Å². The van der Waals surface area contributed by atoms with Gasteiger partial charge in [0.1, 0.15) is 0 Å². The van der Waals surface area contributed by atoms with Gasteiger partial charge in [-0.3, -0.25) is 0 Å². The fourth-order valence-corrected chi connectivity index (χ4v) is 2.43. The number of urea groups is 1. The van der Waals surface area contributed by atoms with Gasteiger partial charge < -0.3 is 15.5 Å². The first-order chi connectivity index (χ1) is 7.47. The predicted octanol–water partition coefficient (Wildman–Crippen LogP) is 1.44. The number of thiol groups is 1. The third-order valence-corrected chi connectivity index (χ3v) is 3.17. The summed E-state index contributed by atoms with van der Waals surface area (Å²) in [5, 5.41) is 6.49. The van der Waals surface area contributed by atoms with Gasteiger partial charge in [0.15, 0.2) is 0 Å². The zero-order chi connectivity index (χ0) is 12.2. The fraction of sp³-hybridized carbons (Fsp3) is 0.909. The normalized spacial score (nSPS) is 21.6. The Hall–Kier alpha value is -0.420. The minimum Gasteiger partial charge on any atom is -0.338 e. The summed E-state index contributed by atoms with van der Waals surface area (Å²) in [6, 6.07) is 0.0588. The van der Waals surface area contributed by atoms with Gasteiger partial charge in [0.05, 0.1) is 0 Å². The molecule has 0 aromatic heterocycles. The second-order valence-corrected chi connectivity index (χ2v) is 5.48. The SMILES string of the molecule is CCNC(=O)N1CCC(C)(NC(C)S)CC1. The Balaban J connectivity index is 2.41. The van der Waals surface area contributed by atoms with Crippen LogP contribution in [0.5, 0.6) is 0 Å². The molecule has 0 aromatic carbocycles. The molecule has 1 rings (SSSR count). The molecule has 1 aliphatic rings. The highest BCUT2D eigenvalue weighted by Crippen LogP contribution is 2.22. The lowest BCUT2D eigenvalue weighted by molar-refractivity contribution is 0.149. The van der Waals surface area contributed by atoms with Gasteiger partial charge in [-0.25, -0.2) is 4.79 Å². The van der Waals surface area contributed by atoms with Gasteiger partial charge in [-0.05, 0) is 33.6 Å². The molecule has 0 radical (unpaired) electrons. The van der Waals surface area contributed by atoms with E-state index in [0.29, 0.717) is 6.54 Å². The largest absolute Gasteiger partial charge is 0.338 e. The predicted molar refractivity (Wildman–Crippen MR) is 69.9 cm³/mol. The summed E-state index contributed by atoms with van der Waals surface area (Å²) < 4.78 is 0. The van der Waals surface area contributed by atoms with Crippen molar-refractivity contribution in [2.45, 2.75) is 44.5 Å². The second-order valence-electron chi connectivity index (χ2n) is 4.70. The summed E-state index contributed by atoms with van der Waals surface area (Å²) in [4.78, 5) is 13.5. The molecule has 2 N–H and O–H groups in total. The molecule has 16 heavy (non-hydrogen) atoms. The van der Waals surface area contributed by atoms with Crippen molar-refractivity contribution in [2.75, 3.05) is 19.6 Å². The maximum absolute atomic E-state index is 11.6. The van der Waals surface area contributed by atoms with Crippen LogP contribution in [0.25, 0.3) is 0 Å². The first-order valence-electron chi connectivity index (χ1n) is 5.95. The minimum absolute atomic E-state index is 0.0588. The van der Waals surface area contributed by atoms with Gasteiger partial charge in [-0.1, -0.05) is 0 Å². The molecule has 1 heterocycles. The standard InChI is InChI=1S/C11H23N3OS/c1-4-12-10(15)14-7-5-11(3,6-8-14)13-9(2)16/h9,13,16H,4-8H2,1-3H3,(H,12,15). The van der Waals surface area contributed by atoms with E-state index >= 15 is 0 Å². The van der Waals surface area contributed by atoms with E-state index in [4.69, 9.17) is 0 Å². The average molecular weight is 245 g/mol. The van der Waals surface area contributed by atoms with Crippen molar-refractivity contribution in [2.24, 2.45) is 0 Å². The van der Waals surface area contributed by atoms with E-state index in [-0.39, 0.29) is 16.9 Å². The van der Waals surface area contributed by atoms with Crippen LogP contribution in [0, 0.1) is 0 Å². The Morgan fingerprint density at radius 1 is 1.50 bits per heavy atom. The molecule has 0 spiro atoms. The zero-order valence-corrected chi connectivity index (χ0v) is 11.3. The van der Waals surface area contributed by atoms with E-state index < -0.39 is 0 Å². The van der Waals surface area contributed by atoms with Gasteiger partial charge >= 0.3 is 6.03 Å². The lowest BCUT2D eigenvalue weighted by Gasteiger charge is -2.41. The van der Waals surface area contributed by atoms with Crippen LogP contribution in [0.2, 0.25) is 0 Å². The number of nitrogens with zero attached hydrogens (tertiary/aromatic N) is 1. The third kappa shape index (κ3) is 3.87. The molecule has 5 heteroatoms. The van der Waals surface area contributed by atoms with E-state index in [1.54, 1.807) is 0 Å². The summed E-state index contributed by atoms with van der Waals surface area (Å²) >= 11 is 4.35. The number of likely N-dealkylation sites (tertiary alicyclic amines) is 1. The quantitative estimate of drug-likeness (QED) is 0.520. The fourth-order valence-electron chi connectivity index (χ4n) is 2.12. The van der Waals surface area contributed by atoms with Crippen molar-refractivity contribution in [3.8, 4) is 0 Å². The molecule has 0 aromatic rings. The number of carbonyl (C=O) groups is 1. The third-order valence-electron chi connectivity index (χ3n) is 3.04. The van der Waals surface area contributed by atoms with Crippen LogP contribution in [-0.2, 0) is 0 Å².